The van der Waals surface area contributed by atoms with Crippen molar-refractivity contribution in [2.45, 2.75) is 13.0 Å². The monoisotopic (exact) mass is 361 g/mol. The van der Waals surface area contributed by atoms with E-state index in [1.165, 1.54) is 0 Å². The lowest BCUT2D eigenvalue weighted by Crippen LogP contribution is -2.45. The number of carbonyl (C=O) groups is 1. The number of urea groups is 1. The van der Waals surface area contributed by atoms with Gasteiger partial charge in [0.25, 0.3) is 0 Å². The molecule has 0 aliphatic heterocycles. The van der Waals surface area contributed by atoms with Crippen LogP contribution in [-0.2, 0) is 13.0 Å². The molecule has 0 aromatic heterocycles. The predicted molar refractivity (Wildman–Crippen MR) is 110 cm³/mol. The Hall–Kier alpha value is -3.54. The molecule has 138 valence electrons. The lowest BCUT2D eigenvalue weighted by Gasteiger charge is -2.12. The van der Waals surface area contributed by atoms with Crippen LogP contribution in [0.15, 0.2) is 66.7 Å². The van der Waals surface area contributed by atoms with E-state index in [4.69, 9.17) is 11.1 Å². The molecule has 0 radical (unpaired) electrons. The zero-order valence-corrected chi connectivity index (χ0v) is 15.0. The normalized spacial score (nSPS) is 10.4. The van der Waals surface area contributed by atoms with E-state index in [2.05, 4.69) is 28.1 Å². The van der Waals surface area contributed by atoms with Crippen molar-refractivity contribution in [2.75, 3.05) is 12.3 Å². The molecule has 6 N–H and O–H groups in total. The SMILES string of the molecule is N=C(NCc1cccc2ccccc12)NC(=O)NCCc1ccc(N)cc1. The largest absolute Gasteiger partial charge is 0.399 e. The zero-order chi connectivity index (χ0) is 19.1. The third-order valence-electron chi connectivity index (χ3n) is 4.25. The van der Waals surface area contributed by atoms with Crippen molar-refractivity contribution in [3.05, 3.63) is 77.9 Å². The number of hydrogen-bond acceptors (Lipinski definition) is 3. The van der Waals surface area contributed by atoms with Crippen LogP contribution in [0.1, 0.15) is 11.1 Å². The Morgan fingerprint density at radius 2 is 1.67 bits per heavy atom. The van der Waals surface area contributed by atoms with Gasteiger partial charge < -0.3 is 16.4 Å². The molecule has 0 saturated heterocycles. The smallest absolute Gasteiger partial charge is 0.321 e. The molecule has 0 unspecified atom stereocenters. The molecule has 6 heteroatoms. The quantitative estimate of drug-likeness (QED) is 0.274. The van der Waals surface area contributed by atoms with Gasteiger partial charge in [-0.25, -0.2) is 4.79 Å². The van der Waals surface area contributed by atoms with E-state index in [9.17, 15) is 4.79 Å². The standard InChI is InChI=1S/C21H23N5O/c22-18-10-8-15(9-11-18)12-13-24-21(27)26-20(23)25-14-17-6-3-5-16-4-1-2-7-19(16)17/h1-11H,12-14,22H2,(H4,23,24,25,26,27). The summed E-state index contributed by atoms with van der Waals surface area (Å²) in [4.78, 5) is 11.9. The Kier molecular flexibility index (Phi) is 5.89. The molecule has 3 aromatic rings. The van der Waals surface area contributed by atoms with Crippen LogP contribution in [0.25, 0.3) is 10.8 Å². The molecule has 0 heterocycles. The number of carbonyl (C=O) groups excluding carboxylic acids is 1. The second kappa shape index (κ2) is 8.71. The third kappa shape index (κ3) is 5.22. The zero-order valence-electron chi connectivity index (χ0n) is 15.0. The van der Waals surface area contributed by atoms with Crippen LogP contribution in [0.3, 0.4) is 0 Å². The summed E-state index contributed by atoms with van der Waals surface area (Å²) in [6.07, 6.45) is 0.699. The van der Waals surface area contributed by atoms with Crippen LogP contribution in [-0.4, -0.2) is 18.5 Å². The van der Waals surface area contributed by atoms with Crippen molar-refractivity contribution in [2.24, 2.45) is 0 Å². The highest BCUT2D eigenvalue weighted by atomic mass is 16.2. The minimum absolute atomic E-state index is 0.0343. The minimum Gasteiger partial charge on any atom is -0.399 e. The summed E-state index contributed by atoms with van der Waals surface area (Å²) >= 11 is 0. The summed E-state index contributed by atoms with van der Waals surface area (Å²) in [5.74, 6) is -0.0343. The van der Waals surface area contributed by atoms with E-state index in [1.54, 1.807) is 0 Å². The van der Waals surface area contributed by atoms with E-state index in [1.807, 2.05) is 54.6 Å². The van der Waals surface area contributed by atoms with Crippen LogP contribution in [0.2, 0.25) is 0 Å². The number of anilines is 1. The van der Waals surface area contributed by atoms with Gasteiger partial charge in [-0.3, -0.25) is 10.7 Å². The summed E-state index contributed by atoms with van der Waals surface area (Å²) < 4.78 is 0. The molecule has 0 bridgehead atoms. The van der Waals surface area contributed by atoms with Gasteiger partial charge in [-0.2, -0.15) is 0 Å². The lowest BCUT2D eigenvalue weighted by atomic mass is 10.0. The number of guanidine groups is 1. The first kappa shape index (κ1) is 18.3. The van der Waals surface area contributed by atoms with Gasteiger partial charge in [-0.1, -0.05) is 54.6 Å². The number of rotatable bonds is 5. The molecule has 3 rings (SSSR count). The van der Waals surface area contributed by atoms with Gasteiger partial charge in [0.1, 0.15) is 0 Å². The summed E-state index contributed by atoms with van der Waals surface area (Å²) in [6, 6.07) is 21.3. The first-order chi connectivity index (χ1) is 13.1. The van der Waals surface area contributed by atoms with Gasteiger partial charge in [-0.15, -0.1) is 0 Å². The fraction of sp³-hybridized carbons (Fsp3) is 0.143. The van der Waals surface area contributed by atoms with Gasteiger partial charge in [-0.05, 0) is 40.5 Å². The number of fused-ring (bicyclic) bond motifs is 1. The lowest BCUT2D eigenvalue weighted by molar-refractivity contribution is 0.245. The summed E-state index contributed by atoms with van der Waals surface area (Å²) in [6.45, 7) is 0.943. The molecule has 0 atom stereocenters. The Morgan fingerprint density at radius 1 is 0.926 bits per heavy atom. The van der Waals surface area contributed by atoms with Crippen molar-refractivity contribution < 1.29 is 4.79 Å². The fourth-order valence-corrected chi connectivity index (χ4v) is 2.84. The number of nitrogens with one attached hydrogen (secondary N) is 4. The number of nitrogens with two attached hydrogens (primary N) is 1. The highest BCUT2D eigenvalue weighted by Gasteiger charge is 2.05. The Labute approximate surface area is 158 Å². The summed E-state index contributed by atoms with van der Waals surface area (Å²) in [5, 5.41) is 18.4. The average molecular weight is 361 g/mol. The van der Waals surface area contributed by atoms with E-state index in [-0.39, 0.29) is 5.96 Å². The number of nitrogen functional groups attached to an aromatic ring is 1. The maximum atomic E-state index is 11.9. The Morgan fingerprint density at radius 3 is 2.48 bits per heavy atom. The first-order valence-electron chi connectivity index (χ1n) is 8.80. The molecule has 0 aliphatic rings. The van der Waals surface area contributed by atoms with Gasteiger partial charge in [0.15, 0.2) is 5.96 Å². The maximum Gasteiger partial charge on any atom is 0.321 e. The van der Waals surface area contributed by atoms with Crippen LogP contribution < -0.4 is 21.7 Å². The number of amides is 2. The highest BCUT2D eigenvalue weighted by molar-refractivity contribution is 5.94. The van der Waals surface area contributed by atoms with E-state index >= 15 is 0 Å². The summed E-state index contributed by atoms with van der Waals surface area (Å²) in [7, 11) is 0. The van der Waals surface area contributed by atoms with Crippen molar-refractivity contribution in [3.8, 4) is 0 Å². The third-order valence-corrected chi connectivity index (χ3v) is 4.25. The molecule has 0 aliphatic carbocycles. The first-order valence-corrected chi connectivity index (χ1v) is 8.80. The maximum absolute atomic E-state index is 11.9. The molecule has 2 amide bonds. The van der Waals surface area contributed by atoms with E-state index in [0.29, 0.717) is 19.5 Å². The van der Waals surface area contributed by atoms with Crippen LogP contribution in [0.4, 0.5) is 10.5 Å². The molecule has 27 heavy (non-hydrogen) atoms. The molecule has 0 spiro atoms. The number of benzene rings is 3. The van der Waals surface area contributed by atoms with E-state index < -0.39 is 6.03 Å². The molecule has 6 nitrogen and oxygen atoms in total. The summed E-state index contributed by atoms with van der Waals surface area (Å²) in [5.41, 5.74) is 8.53. The van der Waals surface area contributed by atoms with Crippen molar-refractivity contribution in [1.29, 1.82) is 5.41 Å². The highest BCUT2D eigenvalue weighted by Crippen LogP contribution is 2.18. The average Bonchev–Trinajstić information content (AvgIpc) is 2.68. The van der Waals surface area contributed by atoms with Gasteiger partial charge in [0.05, 0.1) is 0 Å². The topological polar surface area (TPSA) is 103 Å². The molecular weight excluding hydrogens is 338 g/mol. The van der Waals surface area contributed by atoms with Gasteiger partial charge in [0, 0.05) is 18.8 Å². The molecule has 0 fully saturated rings. The van der Waals surface area contributed by atoms with Crippen molar-refractivity contribution >= 4 is 28.5 Å². The van der Waals surface area contributed by atoms with E-state index in [0.717, 1.165) is 27.6 Å². The van der Waals surface area contributed by atoms with Gasteiger partial charge in [0.2, 0.25) is 0 Å². The molecule has 3 aromatic carbocycles. The molecule has 0 saturated carbocycles. The number of hydrogen-bond donors (Lipinski definition) is 5. The van der Waals surface area contributed by atoms with Crippen molar-refractivity contribution in [1.82, 2.24) is 16.0 Å². The minimum atomic E-state index is -0.402. The van der Waals surface area contributed by atoms with Crippen molar-refractivity contribution in [3.63, 3.8) is 0 Å². The van der Waals surface area contributed by atoms with Crippen LogP contribution in [0, 0.1) is 5.41 Å². The Bertz CT molecular complexity index is 931. The molecular formula is C21H23N5O. The second-order valence-corrected chi connectivity index (χ2v) is 6.24. The predicted octanol–water partition coefficient (Wildman–Crippen LogP) is 2.99. The Balaban J connectivity index is 1.43. The van der Waals surface area contributed by atoms with Gasteiger partial charge >= 0.3 is 6.03 Å². The van der Waals surface area contributed by atoms with Crippen LogP contribution >= 0.6 is 0 Å². The van der Waals surface area contributed by atoms with Crippen LogP contribution in [0.5, 0.6) is 0 Å². The fourth-order valence-electron chi connectivity index (χ4n) is 2.84. The second-order valence-electron chi connectivity index (χ2n) is 6.24.